The lowest BCUT2D eigenvalue weighted by Crippen LogP contribution is -2.34. The Balaban J connectivity index is 2.35. The van der Waals surface area contributed by atoms with Crippen LogP contribution in [-0.2, 0) is 4.74 Å². The molecule has 0 fully saturated rings. The predicted octanol–water partition coefficient (Wildman–Crippen LogP) is 1.74. The Morgan fingerprint density at radius 2 is 2.24 bits per heavy atom. The lowest BCUT2D eigenvalue weighted by atomic mass is 10.2. The zero-order chi connectivity index (χ0) is 12.5. The summed E-state index contributed by atoms with van der Waals surface area (Å²) < 4.78 is 17.9. The third-order valence-corrected chi connectivity index (χ3v) is 1.97. The van der Waals surface area contributed by atoms with Gasteiger partial charge in [-0.2, -0.15) is 0 Å². The molecule has 0 saturated heterocycles. The number of rotatable bonds is 5. The van der Waals surface area contributed by atoms with Crippen molar-refractivity contribution < 1.29 is 13.9 Å². The molecule has 92 valence electrons. The molecule has 0 aliphatic heterocycles. The van der Waals surface area contributed by atoms with E-state index in [0.717, 1.165) is 0 Å². The van der Waals surface area contributed by atoms with Crippen LogP contribution in [0, 0.1) is 5.82 Å². The van der Waals surface area contributed by atoms with Gasteiger partial charge in [0.25, 0.3) is 0 Å². The van der Waals surface area contributed by atoms with Gasteiger partial charge in [-0.15, -0.1) is 0 Å². The van der Waals surface area contributed by atoms with Crippen LogP contribution in [0.2, 0.25) is 0 Å². The van der Waals surface area contributed by atoms with Crippen LogP contribution in [0.3, 0.4) is 0 Å². The summed E-state index contributed by atoms with van der Waals surface area (Å²) in [4.78, 5) is 11.2. The van der Waals surface area contributed by atoms with Crippen LogP contribution in [0.1, 0.15) is 5.56 Å². The van der Waals surface area contributed by atoms with Gasteiger partial charge in [0, 0.05) is 25.4 Å². The highest BCUT2D eigenvalue weighted by molar-refractivity contribution is 5.75. The van der Waals surface area contributed by atoms with E-state index in [0.29, 0.717) is 18.7 Å². The Bertz CT molecular complexity index is 394. The largest absolute Gasteiger partial charge is 0.383 e. The Kier molecular flexibility index (Phi) is 5.74. The van der Waals surface area contributed by atoms with E-state index < -0.39 is 0 Å². The average molecular weight is 238 g/mol. The first-order valence-corrected chi connectivity index (χ1v) is 5.18. The number of carbonyl (C=O) groups is 1. The number of carbonyl (C=O) groups excluding carboxylic acids is 1. The van der Waals surface area contributed by atoms with Gasteiger partial charge in [0.05, 0.1) is 6.61 Å². The fraction of sp³-hybridized carbons (Fsp3) is 0.250. The number of benzene rings is 1. The Morgan fingerprint density at radius 3 is 2.94 bits per heavy atom. The number of ether oxygens (including phenoxy) is 1. The van der Waals surface area contributed by atoms with Crippen LogP contribution >= 0.6 is 0 Å². The molecule has 1 aromatic carbocycles. The van der Waals surface area contributed by atoms with Crippen LogP contribution < -0.4 is 10.6 Å². The molecule has 0 unspecified atom stereocenters. The minimum Gasteiger partial charge on any atom is -0.383 e. The van der Waals surface area contributed by atoms with Gasteiger partial charge < -0.3 is 15.4 Å². The second kappa shape index (κ2) is 7.40. The van der Waals surface area contributed by atoms with Crippen molar-refractivity contribution in [1.82, 2.24) is 10.6 Å². The first-order valence-electron chi connectivity index (χ1n) is 5.18. The number of methoxy groups -OCH3 is 1. The SMILES string of the molecule is COCCNC(=O)N/C=C/c1ccccc1F. The summed E-state index contributed by atoms with van der Waals surface area (Å²) in [5.74, 6) is -0.328. The van der Waals surface area contributed by atoms with E-state index in [1.165, 1.54) is 18.3 Å². The summed E-state index contributed by atoms with van der Waals surface area (Å²) in [6.45, 7) is 0.875. The fourth-order valence-corrected chi connectivity index (χ4v) is 1.14. The highest BCUT2D eigenvalue weighted by Crippen LogP contribution is 2.07. The zero-order valence-electron chi connectivity index (χ0n) is 9.57. The molecule has 0 aliphatic rings. The molecule has 0 aromatic heterocycles. The number of halogens is 1. The van der Waals surface area contributed by atoms with E-state index in [4.69, 9.17) is 4.74 Å². The molecule has 1 rings (SSSR count). The van der Waals surface area contributed by atoms with Gasteiger partial charge in [0.2, 0.25) is 0 Å². The number of hydrogen-bond acceptors (Lipinski definition) is 2. The van der Waals surface area contributed by atoms with Crippen LogP contribution in [-0.4, -0.2) is 26.3 Å². The molecule has 0 radical (unpaired) electrons. The van der Waals surface area contributed by atoms with Crippen molar-refractivity contribution in [2.75, 3.05) is 20.3 Å². The van der Waals surface area contributed by atoms with E-state index in [1.54, 1.807) is 25.3 Å². The number of nitrogens with one attached hydrogen (secondary N) is 2. The molecular weight excluding hydrogens is 223 g/mol. The van der Waals surface area contributed by atoms with E-state index in [1.807, 2.05) is 0 Å². The molecule has 5 heteroatoms. The van der Waals surface area contributed by atoms with Gasteiger partial charge in [-0.1, -0.05) is 18.2 Å². The van der Waals surface area contributed by atoms with E-state index in [2.05, 4.69) is 10.6 Å². The highest BCUT2D eigenvalue weighted by atomic mass is 19.1. The van der Waals surface area contributed by atoms with Crippen LogP contribution in [0.15, 0.2) is 30.5 Å². The molecule has 2 amide bonds. The topological polar surface area (TPSA) is 50.4 Å². The normalized spacial score (nSPS) is 10.5. The second-order valence-electron chi connectivity index (χ2n) is 3.25. The Labute approximate surface area is 99.5 Å². The third kappa shape index (κ3) is 5.12. The monoisotopic (exact) mass is 238 g/mol. The molecule has 4 nitrogen and oxygen atoms in total. The van der Waals surface area contributed by atoms with Gasteiger partial charge in [-0.3, -0.25) is 0 Å². The van der Waals surface area contributed by atoms with Crippen LogP contribution in [0.4, 0.5) is 9.18 Å². The summed E-state index contributed by atoms with van der Waals surface area (Å²) in [7, 11) is 1.55. The molecule has 0 aliphatic carbocycles. The smallest absolute Gasteiger partial charge is 0.318 e. The summed E-state index contributed by atoms with van der Waals surface area (Å²) >= 11 is 0. The first-order chi connectivity index (χ1) is 8.24. The van der Waals surface area contributed by atoms with Crippen molar-refractivity contribution in [2.45, 2.75) is 0 Å². The third-order valence-electron chi connectivity index (χ3n) is 1.97. The standard InChI is InChI=1S/C12H15FN2O2/c1-17-9-8-15-12(16)14-7-6-10-4-2-3-5-11(10)13/h2-7H,8-9H2,1H3,(H2,14,15,16)/b7-6+. The first kappa shape index (κ1) is 13.2. The van der Waals surface area contributed by atoms with Crippen LogP contribution in [0.5, 0.6) is 0 Å². The van der Waals surface area contributed by atoms with Crippen LogP contribution in [0.25, 0.3) is 6.08 Å². The van der Waals surface area contributed by atoms with Crippen molar-refractivity contribution in [3.63, 3.8) is 0 Å². The van der Waals surface area contributed by atoms with E-state index >= 15 is 0 Å². The van der Waals surface area contributed by atoms with Gasteiger partial charge in [0.1, 0.15) is 5.82 Å². The number of urea groups is 1. The number of amides is 2. The van der Waals surface area contributed by atoms with Crippen molar-refractivity contribution in [2.24, 2.45) is 0 Å². The summed E-state index contributed by atoms with van der Waals surface area (Å²) in [5, 5.41) is 5.03. The van der Waals surface area contributed by atoms with Gasteiger partial charge in [-0.05, 0) is 12.1 Å². The second-order valence-corrected chi connectivity index (χ2v) is 3.25. The maximum Gasteiger partial charge on any atom is 0.318 e. The molecule has 0 saturated carbocycles. The van der Waals surface area contributed by atoms with Crippen molar-refractivity contribution in [3.8, 4) is 0 Å². The quantitative estimate of drug-likeness (QED) is 0.768. The highest BCUT2D eigenvalue weighted by Gasteiger charge is 1.97. The molecule has 0 bridgehead atoms. The lowest BCUT2D eigenvalue weighted by molar-refractivity contribution is 0.196. The van der Waals surface area contributed by atoms with Gasteiger partial charge >= 0.3 is 6.03 Å². The molecule has 0 spiro atoms. The molecule has 0 heterocycles. The number of hydrogen-bond donors (Lipinski definition) is 2. The van der Waals surface area contributed by atoms with Gasteiger partial charge in [-0.25, -0.2) is 9.18 Å². The Hall–Kier alpha value is -1.88. The molecule has 17 heavy (non-hydrogen) atoms. The molecule has 0 atom stereocenters. The molecular formula is C12H15FN2O2. The summed E-state index contributed by atoms with van der Waals surface area (Å²) in [6.07, 6.45) is 2.88. The molecule has 2 N–H and O–H groups in total. The van der Waals surface area contributed by atoms with Crippen molar-refractivity contribution in [1.29, 1.82) is 0 Å². The van der Waals surface area contributed by atoms with E-state index in [-0.39, 0.29) is 11.8 Å². The maximum atomic E-state index is 13.2. The summed E-state index contributed by atoms with van der Waals surface area (Å²) in [5.41, 5.74) is 0.421. The van der Waals surface area contributed by atoms with Crippen molar-refractivity contribution >= 4 is 12.1 Å². The lowest BCUT2D eigenvalue weighted by Gasteiger charge is -2.03. The zero-order valence-corrected chi connectivity index (χ0v) is 9.57. The van der Waals surface area contributed by atoms with Crippen molar-refractivity contribution in [3.05, 3.63) is 41.8 Å². The minimum absolute atomic E-state index is 0.328. The average Bonchev–Trinajstić information content (AvgIpc) is 2.32. The summed E-state index contributed by atoms with van der Waals surface area (Å²) in [6, 6.07) is 5.96. The minimum atomic E-state index is -0.352. The van der Waals surface area contributed by atoms with Gasteiger partial charge in [0.15, 0.2) is 0 Å². The maximum absolute atomic E-state index is 13.2. The molecule has 1 aromatic rings. The fourth-order valence-electron chi connectivity index (χ4n) is 1.14. The Morgan fingerprint density at radius 1 is 1.47 bits per heavy atom. The predicted molar refractivity (Wildman–Crippen MR) is 63.8 cm³/mol. The van der Waals surface area contributed by atoms with E-state index in [9.17, 15) is 9.18 Å².